The topological polar surface area (TPSA) is 64.3 Å². The lowest BCUT2D eigenvalue weighted by atomic mass is 10.2. The highest BCUT2D eigenvalue weighted by molar-refractivity contribution is 6.18. The molecule has 1 rings (SSSR count). The Bertz CT molecular complexity index is 292. The molecule has 0 aliphatic rings. The first-order valence-corrected chi connectivity index (χ1v) is 4.61. The lowest BCUT2D eigenvalue weighted by molar-refractivity contribution is 0.0180. The van der Waals surface area contributed by atoms with Crippen molar-refractivity contribution in [3.63, 3.8) is 0 Å². The molecule has 0 heterocycles. The van der Waals surface area contributed by atoms with E-state index in [1.54, 1.807) is 24.3 Å². The molecule has 0 saturated carbocycles. The summed E-state index contributed by atoms with van der Waals surface area (Å²) in [5.41, 5.74) is 8.17. The summed E-state index contributed by atoms with van der Waals surface area (Å²) >= 11 is 5.40. The number of halogens is 1. The summed E-state index contributed by atoms with van der Waals surface area (Å²) < 4.78 is 0. The molecule has 5 heteroatoms. The van der Waals surface area contributed by atoms with Gasteiger partial charge in [0.25, 0.3) is 0 Å². The van der Waals surface area contributed by atoms with Crippen molar-refractivity contribution in [3.8, 4) is 0 Å². The van der Waals surface area contributed by atoms with Crippen LogP contribution in [0.1, 0.15) is 10.4 Å². The van der Waals surface area contributed by atoms with Crippen molar-refractivity contribution in [2.75, 3.05) is 5.88 Å². The highest BCUT2D eigenvalue weighted by Crippen LogP contribution is 1.99. The summed E-state index contributed by atoms with van der Waals surface area (Å²) in [5.74, 6) is -0.312. The zero-order valence-corrected chi connectivity index (χ0v) is 8.20. The minimum absolute atomic E-state index is 0.169. The number of alkyl halides is 1. The molecule has 1 unspecified atom stereocenters. The maximum atomic E-state index is 11.3. The number of benzene rings is 1. The lowest BCUT2D eigenvalue weighted by Gasteiger charge is -2.09. The van der Waals surface area contributed by atoms with Gasteiger partial charge in [-0.05, 0) is 12.1 Å². The lowest BCUT2D eigenvalue weighted by Crippen LogP contribution is -2.40. The van der Waals surface area contributed by atoms with Crippen LogP contribution in [-0.4, -0.2) is 18.0 Å². The SMILES string of the molecule is NC(CCl)NOC(=O)c1ccccc1. The van der Waals surface area contributed by atoms with Crippen molar-refractivity contribution in [2.45, 2.75) is 6.17 Å². The summed E-state index contributed by atoms with van der Waals surface area (Å²) in [4.78, 5) is 16.0. The molecule has 0 amide bonds. The molecule has 0 aliphatic carbocycles. The van der Waals surface area contributed by atoms with Crippen molar-refractivity contribution in [1.82, 2.24) is 5.48 Å². The molecule has 0 fully saturated rings. The number of nitrogens with two attached hydrogens (primary N) is 1. The number of hydrogen-bond donors (Lipinski definition) is 2. The van der Waals surface area contributed by atoms with Crippen LogP contribution in [0.5, 0.6) is 0 Å². The summed E-state index contributed by atoms with van der Waals surface area (Å²) in [7, 11) is 0. The van der Waals surface area contributed by atoms with Gasteiger partial charge in [0.05, 0.1) is 11.4 Å². The Morgan fingerprint density at radius 3 is 2.71 bits per heavy atom. The van der Waals surface area contributed by atoms with Crippen LogP contribution in [0.15, 0.2) is 30.3 Å². The molecule has 76 valence electrons. The van der Waals surface area contributed by atoms with Crippen LogP contribution in [0.3, 0.4) is 0 Å². The highest BCUT2D eigenvalue weighted by atomic mass is 35.5. The molecule has 0 bridgehead atoms. The van der Waals surface area contributed by atoms with Crippen LogP contribution in [0.4, 0.5) is 0 Å². The van der Waals surface area contributed by atoms with Crippen LogP contribution in [0.2, 0.25) is 0 Å². The minimum Gasteiger partial charge on any atom is -0.365 e. The van der Waals surface area contributed by atoms with Gasteiger partial charge < -0.3 is 10.6 Å². The van der Waals surface area contributed by atoms with Gasteiger partial charge in [-0.15, -0.1) is 17.1 Å². The summed E-state index contributed by atoms with van der Waals surface area (Å²) in [6, 6.07) is 8.61. The third-order valence-electron chi connectivity index (χ3n) is 1.48. The van der Waals surface area contributed by atoms with E-state index in [-0.39, 0.29) is 5.88 Å². The third kappa shape index (κ3) is 3.33. The van der Waals surface area contributed by atoms with Gasteiger partial charge >= 0.3 is 5.97 Å². The second-order valence-corrected chi connectivity index (χ2v) is 2.94. The van der Waals surface area contributed by atoms with Crippen molar-refractivity contribution >= 4 is 17.6 Å². The highest BCUT2D eigenvalue weighted by Gasteiger charge is 2.07. The standard InChI is InChI=1S/C9H11ClN2O2/c10-6-8(11)12-14-9(13)7-4-2-1-3-5-7/h1-5,8,12H,6,11H2. The number of hydrogen-bond acceptors (Lipinski definition) is 4. The molecule has 14 heavy (non-hydrogen) atoms. The largest absolute Gasteiger partial charge is 0.365 e. The smallest absolute Gasteiger partial charge is 0.356 e. The average molecular weight is 215 g/mol. The fourth-order valence-corrected chi connectivity index (χ4v) is 0.857. The third-order valence-corrected chi connectivity index (χ3v) is 1.81. The Hall–Kier alpha value is -1.10. The number of carbonyl (C=O) groups is 1. The van der Waals surface area contributed by atoms with Crippen LogP contribution in [0, 0.1) is 0 Å². The maximum Gasteiger partial charge on any atom is 0.356 e. The van der Waals surface area contributed by atoms with Crippen LogP contribution in [-0.2, 0) is 4.84 Å². The number of carbonyl (C=O) groups excluding carboxylic acids is 1. The summed E-state index contributed by atoms with van der Waals surface area (Å²) in [5, 5.41) is 0. The predicted octanol–water partition coefficient (Wildman–Crippen LogP) is 0.872. The molecular formula is C9H11ClN2O2. The van der Waals surface area contributed by atoms with E-state index in [4.69, 9.17) is 17.3 Å². The van der Waals surface area contributed by atoms with Crippen molar-refractivity contribution in [2.24, 2.45) is 5.73 Å². The van der Waals surface area contributed by atoms with E-state index < -0.39 is 12.1 Å². The second-order valence-electron chi connectivity index (χ2n) is 2.63. The molecule has 3 N–H and O–H groups in total. The van der Waals surface area contributed by atoms with Gasteiger partial charge in [0.15, 0.2) is 0 Å². The summed E-state index contributed by atoms with van der Waals surface area (Å²) in [6.45, 7) is 0. The van der Waals surface area contributed by atoms with Gasteiger partial charge in [0.1, 0.15) is 6.17 Å². The van der Waals surface area contributed by atoms with Gasteiger partial charge in [-0.3, -0.25) is 0 Å². The van der Waals surface area contributed by atoms with Crippen molar-refractivity contribution < 1.29 is 9.63 Å². The minimum atomic E-state index is -0.552. The molecule has 0 saturated heterocycles. The first-order chi connectivity index (χ1) is 6.74. The van der Waals surface area contributed by atoms with E-state index in [9.17, 15) is 4.79 Å². The quantitative estimate of drug-likeness (QED) is 0.444. The zero-order chi connectivity index (χ0) is 10.4. The normalized spacial score (nSPS) is 12.1. The molecule has 0 aromatic heterocycles. The van der Waals surface area contributed by atoms with E-state index in [2.05, 4.69) is 10.3 Å². The van der Waals surface area contributed by atoms with Crippen molar-refractivity contribution in [1.29, 1.82) is 0 Å². The Morgan fingerprint density at radius 1 is 1.50 bits per heavy atom. The molecule has 4 nitrogen and oxygen atoms in total. The molecule has 0 spiro atoms. The molecule has 1 atom stereocenters. The molecular weight excluding hydrogens is 204 g/mol. The van der Waals surface area contributed by atoms with Crippen molar-refractivity contribution in [3.05, 3.63) is 35.9 Å². The number of nitrogens with one attached hydrogen (secondary N) is 1. The monoisotopic (exact) mass is 214 g/mol. The van der Waals surface area contributed by atoms with E-state index in [0.29, 0.717) is 5.56 Å². The Kier molecular flexibility index (Phi) is 4.39. The van der Waals surface area contributed by atoms with Gasteiger partial charge in [-0.2, -0.15) is 0 Å². The number of rotatable bonds is 4. The van der Waals surface area contributed by atoms with Crippen LogP contribution >= 0.6 is 11.6 Å². The molecule has 1 aromatic carbocycles. The van der Waals surface area contributed by atoms with E-state index in [0.717, 1.165) is 0 Å². The van der Waals surface area contributed by atoms with E-state index >= 15 is 0 Å². The van der Waals surface area contributed by atoms with E-state index in [1.807, 2.05) is 6.07 Å². The predicted molar refractivity (Wildman–Crippen MR) is 53.7 cm³/mol. The van der Waals surface area contributed by atoms with Crippen LogP contribution in [0.25, 0.3) is 0 Å². The molecule has 0 aliphatic heterocycles. The summed E-state index contributed by atoms with van der Waals surface area (Å²) in [6.07, 6.45) is -0.552. The average Bonchev–Trinajstić information content (AvgIpc) is 2.26. The Balaban J connectivity index is 2.44. The van der Waals surface area contributed by atoms with Crippen LogP contribution < -0.4 is 11.2 Å². The first kappa shape index (κ1) is 11.0. The number of hydroxylamine groups is 1. The fourth-order valence-electron chi connectivity index (χ4n) is 0.794. The zero-order valence-electron chi connectivity index (χ0n) is 7.44. The maximum absolute atomic E-state index is 11.3. The van der Waals surface area contributed by atoms with Gasteiger partial charge in [-0.1, -0.05) is 18.2 Å². The Labute approximate surface area is 86.9 Å². The van der Waals surface area contributed by atoms with Gasteiger partial charge in [-0.25, -0.2) is 4.79 Å². The van der Waals surface area contributed by atoms with Gasteiger partial charge in [0, 0.05) is 0 Å². The van der Waals surface area contributed by atoms with Gasteiger partial charge in [0.2, 0.25) is 0 Å². The fraction of sp³-hybridized carbons (Fsp3) is 0.222. The molecule has 1 aromatic rings. The Morgan fingerprint density at radius 2 is 2.14 bits per heavy atom. The molecule has 0 radical (unpaired) electrons. The second kappa shape index (κ2) is 5.59. The first-order valence-electron chi connectivity index (χ1n) is 4.07. The van der Waals surface area contributed by atoms with E-state index in [1.165, 1.54) is 0 Å².